The van der Waals surface area contributed by atoms with Crippen LogP contribution in [0.15, 0.2) is 29.6 Å². The van der Waals surface area contributed by atoms with E-state index < -0.39 is 0 Å². The number of benzene rings is 1. The number of thiazole rings is 1. The Balaban J connectivity index is 1.96. The van der Waals surface area contributed by atoms with Crippen LogP contribution in [0.5, 0.6) is 0 Å². The van der Waals surface area contributed by atoms with Crippen molar-refractivity contribution in [3.8, 4) is 0 Å². The predicted octanol–water partition coefficient (Wildman–Crippen LogP) is 1.57. The lowest BCUT2D eigenvalue weighted by Crippen LogP contribution is -2.24. The highest BCUT2D eigenvalue weighted by Crippen LogP contribution is 2.10. The number of hydrogen-bond donors (Lipinski definition) is 2. The first kappa shape index (κ1) is 14.1. The van der Waals surface area contributed by atoms with Crippen LogP contribution in [-0.4, -0.2) is 23.8 Å². The summed E-state index contributed by atoms with van der Waals surface area (Å²) < 4.78 is 12.7. The Labute approximate surface area is 118 Å². The Morgan fingerprint density at radius 1 is 1.25 bits per heavy atom. The second-order valence-corrected chi connectivity index (χ2v) is 4.78. The van der Waals surface area contributed by atoms with Crippen molar-refractivity contribution < 1.29 is 14.0 Å². The van der Waals surface area contributed by atoms with Crippen LogP contribution in [-0.2, 0) is 6.54 Å². The summed E-state index contributed by atoms with van der Waals surface area (Å²) in [7, 11) is 1.50. The number of carbonyl (C=O) groups is 2. The first-order valence-corrected chi connectivity index (χ1v) is 6.68. The van der Waals surface area contributed by atoms with Gasteiger partial charge in [-0.1, -0.05) is 12.1 Å². The molecule has 2 rings (SSSR count). The fourth-order valence-electron chi connectivity index (χ4n) is 1.46. The summed E-state index contributed by atoms with van der Waals surface area (Å²) >= 11 is 1.10. The first-order valence-electron chi connectivity index (χ1n) is 5.80. The Hall–Kier alpha value is -2.28. The summed E-state index contributed by atoms with van der Waals surface area (Å²) in [5, 5.41) is 6.85. The summed E-state index contributed by atoms with van der Waals surface area (Å²) in [6.07, 6.45) is 0. The highest BCUT2D eigenvalue weighted by atomic mass is 32.1. The van der Waals surface area contributed by atoms with Gasteiger partial charge >= 0.3 is 0 Å². The molecule has 0 saturated heterocycles. The predicted molar refractivity (Wildman–Crippen MR) is 73.1 cm³/mol. The molecule has 2 aromatic rings. The normalized spacial score (nSPS) is 10.1. The largest absolute Gasteiger partial charge is 0.353 e. The minimum Gasteiger partial charge on any atom is -0.353 e. The summed E-state index contributed by atoms with van der Waals surface area (Å²) in [6, 6.07) is 5.83. The van der Waals surface area contributed by atoms with Gasteiger partial charge < -0.3 is 10.6 Å². The molecule has 7 heteroatoms. The molecular weight excluding hydrogens is 281 g/mol. The third-order valence-electron chi connectivity index (χ3n) is 2.52. The van der Waals surface area contributed by atoms with Crippen molar-refractivity contribution >= 4 is 23.2 Å². The van der Waals surface area contributed by atoms with Gasteiger partial charge in [-0.15, -0.1) is 11.3 Å². The average molecular weight is 293 g/mol. The lowest BCUT2D eigenvalue weighted by molar-refractivity contribution is 0.0946. The van der Waals surface area contributed by atoms with Gasteiger partial charge in [0.2, 0.25) is 0 Å². The smallest absolute Gasteiger partial charge is 0.280 e. The topological polar surface area (TPSA) is 71.1 Å². The molecule has 0 aliphatic carbocycles. The number of nitrogens with zero attached hydrogens (tertiary/aromatic N) is 1. The molecule has 0 unspecified atom stereocenters. The highest BCUT2D eigenvalue weighted by Gasteiger charge is 2.14. The molecule has 0 aliphatic rings. The van der Waals surface area contributed by atoms with E-state index in [1.165, 1.54) is 24.6 Å². The fourth-order valence-corrected chi connectivity index (χ4v) is 2.21. The number of rotatable bonds is 4. The maximum atomic E-state index is 12.7. The van der Waals surface area contributed by atoms with Crippen molar-refractivity contribution in [3.63, 3.8) is 0 Å². The van der Waals surface area contributed by atoms with Crippen LogP contribution in [0.25, 0.3) is 0 Å². The molecule has 2 N–H and O–H groups in total. The van der Waals surface area contributed by atoms with E-state index in [0.29, 0.717) is 0 Å². The van der Waals surface area contributed by atoms with E-state index >= 15 is 0 Å². The van der Waals surface area contributed by atoms with E-state index in [0.717, 1.165) is 16.9 Å². The van der Waals surface area contributed by atoms with E-state index in [1.54, 1.807) is 12.1 Å². The second-order valence-electron chi connectivity index (χ2n) is 3.93. The zero-order chi connectivity index (χ0) is 14.5. The Kier molecular flexibility index (Phi) is 4.41. The molecule has 0 atom stereocenters. The van der Waals surface area contributed by atoms with Crippen molar-refractivity contribution in [3.05, 3.63) is 51.7 Å². The van der Waals surface area contributed by atoms with Crippen LogP contribution >= 0.6 is 11.3 Å². The molecule has 1 aromatic heterocycles. The number of aromatic nitrogens is 1. The Morgan fingerprint density at radius 3 is 2.60 bits per heavy atom. The zero-order valence-corrected chi connectivity index (χ0v) is 11.5. The van der Waals surface area contributed by atoms with Gasteiger partial charge in [0.25, 0.3) is 11.8 Å². The molecule has 0 bridgehead atoms. The van der Waals surface area contributed by atoms with E-state index in [9.17, 15) is 14.0 Å². The fraction of sp³-hybridized carbons (Fsp3) is 0.154. The molecule has 5 nitrogen and oxygen atoms in total. The summed E-state index contributed by atoms with van der Waals surface area (Å²) in [6.45, 7) is 0.270. The van der Waals surface area contributed by atoms with Crippen LogP contribution in [0.2, 0.25) is 0 Å². The van der Waals surface area contributed by atoms with Crippen LogP contribution in [0, 0.1) is 5.82 Å². The highest BCUT2D eigenvalue weighted by molar-refractivity contribution is 7.11. The second kappa shape index (κ2) is 6.25. The number of nitrogens with one attached hydrogen (secondary N) is 2. The monoisotopic (exact) mass is 293 g/mol. The molecule has 1 heterocycles. The quantitative estimate of drug-likeness (QED) is 0.899. The molecule has 104 valence electrons. The maximum absolute atomic E-state index is 12.7. The first-order chi connectivity index (χ1) is 9.60. The van der Waals surface area contributed by atoms with Gasteiger partial charge in [-0.2, -0.15) is 0 Å². The van der Waals surface area contributed by atoms with Gasteiger partial charge in [-0.05, 0) is 17.7 Å². The van der Waals surface area contributed by atoms with E-state index in [-0.39, 0.29) is 34.9 Å². The standard InChI is InChI=1S/C13H12FN3O2S/c1-15-12(19)13-17-10(7-20-13)11(18)16-6-8-2-4-9(14)5-3-8/h2-5,7H,6H2,1H3,(H,15,19)(H,16,18). The minimum absolute atomic E-state index is 0.190. The van der Waals surface area contributed by atoms with Crippen molar-refractivity contribution in [2.24, 2.45) is 0 Å². The van der Waals surface area contributed by atoms with E-state index in [4.69, 9.17) is 0 Å². The van der Waals surface area contributed by atoms with Crippen molar-refractivity contribution in [2.75, 3.05) is 7.05 Å². The van der Waals surface area contributed by atoms with E-state index in [1.807, 2.05) is 0 Å². The Morgan fingerprint density at radius 2 is 1.95 bits per heavy atom. The van der Waals surface area contributed by atoms with Gasteiger partial charge in [-0.3, -0.25) is 9.59 Å². The van der Waals surface area contributed by atoms with Crippen LogP contribution in [0.1, 0.15) is 25.9 Å². The van der Waals surface area contributed by atoms with Crippen LogP contribution in [0.3, 0.4) is 0 Å². The summed E-state index contributed by atoms with van der Waals surface area (Å²) in [5.74, 6) is -1.02. The van der Waals surface area contributed by atoms with Gasteiger partial charge in [0.05, 0.1) is 0 Å². The Bertz CT molecular complexity index is 625. The number of hydrogen-bond acceptors (Lipinski definition) is 4. The van der Waals surface area contributed by atoms with Crippen molar-refractivity contribution in [2.45, 2.75) is 6.54 Å². The number of amides is 2. The third kappa shape index (κ3) is 3.39. The molecule has 0 aliphatic heterocycles. The molecule has 20 heavy (non-hydrogen) atoms. The average Bonchev–Trinajstić information content (AvgIpc) is 2.95. The molecule has 0 spiro atoms. The molecule has 2 amide bonds. The molecule has 0 fully saturated rings. The lowest BCUT2D eigenvalue weighted by Gasteiger charge is -2.03. The van der Waals surface area contributed by atoms with Gasteiger partial charge in [0.1, 0.15) is 11.5 Å². The summed E-state index contributed by atoms with van der Waals surface area (Å²) in [4.78, 5) is 27.1. The number of carbonyl (C=O) groups excluding carboxylic acids is 2. The molecule has 0 radical (unpaired) electrons. The minimum atomic E-state index is -0.374. The van der Waals surface area contributed by atoms with Gasteiger partial charge in [-0.25, -0.2) is 9.37 Å². The molecule has 0 saturated carbocycles. The van der Waals surface area contributed by atoms with Gasteiger partial charge in [0, 0.05) is 19.0 Å². The third-order valence-corrected chi connectivity index (χ3v) is 3.37. The number of halogens is 1. The van der Waals surface area contributed by atoms with Crippen molar-refractivity contribution in [1.82, 2.24) is 15.6 Å². The maximum Gasteiger partial charge on any atom is 0.280 e. The SMILES string of the molecule is CNC(=O)c1nc(C(=O)NCc2ccc(F)cc2)cs1. The van der Waals surface area contributed by atoms with Crippen molar-refractivity contribution in [1.29, 1.82) is 0 Å². The van der Waals surface area contributed by atoms with Crippen LogP contribution < -0.4 is 10.6 Å². The van der Waals surface area contributed by atoms with Gasteiger partial charge in [0.15, 0.2) is 5.01 Å². The van der Waals surface area contributed by atoms with E-state index in [2.05, 4.69) is 15.6 Å². The van der Waals surface area contributed by atoms with Crippen LogP contribution in [0.4, 0.5) is 4.39 Å². The summed E-state index contributed by atoms with van der Waals surface area (Å²) in [5.41, 5.74) is 0.970. The molecular formula is C13H12FN3O2S. The molecule has 1 aromatic carbocycles. The zero-order valence-electron chi connectivity index (χ0n) is 10.6. The lowest BCUT2D eigenvalue weighted by atomic mass is 10.2.